The van der Waals surface area contributed by atoms with Gasteiger partial charge in [0.1, 0.15) is 11.0 Å². The lowest BCUT2D eigenvalue weighted by molar-refractivity contribution is 0.103. The lowest BCUT2D eigenvalue weighted by Crippen LogP contribution is -2.37. The number of fused-ring (bicyclic) bond motifs is 5. The number of aromatic nitrogens is 5. The number of carbonyl (C=O) groups is 2. The van der Waals surface area contributed by atoms with Crippen LogP contribution >= 0.6 is 34.8 Å². The lowest BCUT2D eigenvalue weighted by Gasteiger charge is -2.29. The van der Waals surface area contributed by atoms with Gasteiger partial charge in [0, 0.05) is 76.4 Å². The molecule has 0 atom stereocenters. The molecule has 10 rings (SSSR count). The van der Waals surface area contributed by atoms with E-state index in [4.69, 9.17) is 59.1 Å². The van der Waals surface area contributed by atoms with Crippen LogP contribution in [0.4, 0.5) is 9.59 Å². The number of carbonyl (C=O) groups excluding carboxylic acids is 2. The molecule has 5 heterocycles. The van der Waals surface area contributed by atoms with Crippen molar-refractivity contribution in [3.05, 3.63) is 156 Å². The Bertz CT molecular complexity index is 2840. The predicted molar refractivity (Wildman–Crippen MR) is 252 cm³/mol. The number of aryl methyl sites for hydroxylation is 2. The minimum absolute atomic E-state index is 0.235. The third-order valence-corrected chi connectivity index (χ3v) is 13.3. The Kier molecular flexibility index (Phi) is 13.4. The highest BCUT2D eigenvalue weighted by molar-refractivity contribution is 6.32. The Labute approximate surface area is 392 Å². The Morgan fingerprint density at radius 1 is 0.615 bits per heavy atom. The Hall–Kier alpha value is -5.95. The van der Waals surface area contributed by atoms with E-state index in [1.807, 2.05) is 74.5 Å². The molecule has 2 amide bonds. The summed E-state index contributed by atoms with van der Waals surface area (Å²) in [4.78, 5) is 45.3. The van der Waals surface area contributed by atoms with E-state index in [1.54, 1.807) is 22.2 Å². The summed E-state index contributed by atoms with van der Waals surface area (Å²) in [5.74, 6) is 0.696. The van der Waals surface area contributed by atoms with Gasteiger partial charge in [-0.15, -0.1) is 5.10 Å². The summed E-state index contributed by atoms with van der Waals surface area (Å²) in [6.07, 6.45) is 9.40. The smallest absolute Gasteiger partial charge is 0.409 e. The van der Waals surface area contributed by atoms with Crippen LogP contribution < -0.4 is 4.84 Å². The molecule has 3 aromatic carbocycles. The lowest BCUT2D eigenvalue weighted by atomic mass is 9.88. The summed E-state index contributed by atoms with van der Waals surface area (Å²) in [5, 5.41) is 10.6. The molecule has 4 aliphatic rings. The first-order valence-corrected chi connectivity index (χ1v) is 23.3. The van der Waals surface area contributed by atoms with Gasteiger partial charge in [0.2, 0.25) is 0 Å². The molecule has 12 nitrogen and oxygen atoms in total. The first-order chi connectivity index (χ1) is 31.7. The van der Waals surface area contributed by atoms with Crippen LogP contribution in [-0.4, -0.2) is 86.5 Å². The fraction of sp³-hybridized carbons (Fsp3) is 0.320. The van der Waals surface area contributed by atoms with Crippen molar-refractivity contribution in [3.8, 4) is 5.75 Å². The van der Waals surface area contributed by atoms with Crippen LogP contribution in [0.15, 0.2) is 96.3 Å². The van der Waals surface area contributed by atoms with Gasteiger partial charge in [0.05, 0.1) is 24.6 Å². The van der Waals surface area contributed by atoms with Gasteiger partial charge in [0.25, 0.3) is 0 Å². The van der Waals surface area contributed by atoms with E-state index in [1.165, 1.54) is 32.7 Å². The maximum Gasteiger partial charge on any atom is 0.409 e. The molecule has 2 fully saturated rings. The van der Waals surface area contributed by atoms with Gasteiger partial charge in [-0.25, -0.2) is 9.59 Å². The van der Waals surface area contributed by atoms with Crippen molar-refractivity contribution in [3.63, 3.8) is 0 Å². The second kappa shape index (κ2) is 19.7. The molecule has 2 aliphatic heterocycles. The third kappa shape index (κ3) is 9.30. The quantitative estimate of drug-likeness (QED) is 0.170. The van der Waals surface area contributed by atoms with Crippen LogP contribution in [0.2, 0.25) is 15.1 Å². The molecule has 0 bridgehead atoms. The van der Waals surface area contributed by atoms with E-state index in [0.29, 0.717) is 50.2 Å². The number of likely N-dealkylation sites (tertiary alicyclic amines) is 2. The molecule has 0 radical (unpaired) electrons. The number of piperidine rings is 2. The Morgan fingerprint density at radius 3 is 1.71 bits per heavy atom. The van der Waals surface area contributed by atoms with E-state index in [9.17, 15) is 9.59 Å². The van der Waals surface area contributed by atoms with Gasteiger partial charge in [-0.3, -0.25) is 9.97 Å². The number of nitrogens with zero attached hydrogens (tertiary/aromatic N) is 7. The number of halogens is 3. The van der Waals surface area contributed by atoms with Gasteiger partial charge in [0.15, 0.2) is 5.75 Å². The number of hydrogen-bond acceptors (Lipinski definition) is 9. The Morgan fingerprint density at radius 2 is 1.14 bits per heavy atom. The summed E-state index contributed by atoms with van der Waals surface area (Å²) >= 11 is 19.2. The summed E-state index contributed by atoms with van der Waals surface area (Å²) < 4.78 is 10.4. The fourth-order valence-corrected chi connectivity index (χ4v) is 9.94. The highest BCUT2D eigenvalue weighted by Crippen LogP contribution is 2.42. The highest BCUT2D eigenvalue weighted by atomic mass is 35.5. The molecule has 6 aromatic rings. The number of rotatable bonds is 4. The standard InChI is InChI=1S/C28H26ClN5O3.C22H22Cl2N2O2/c1-2-36-28(35)33-15-12-18(13-16-33)26-21-10-8-20(29)17-19(21)7-9-22-25(11-14-30-27(22)26)37-34-24-6-4-3-5-23(24)31-32-34;1-2-28-22(27)26-11-8-14(9-12-26)20-17-6-4-16(23)13-15(17)3-5-18-19(24)7-10-25-21(18)20/h3-6,8,10-11,14,17H,2,7,9,12-13,15-16H2,1H3;4,6-7,10,13H,2-3,5,8-9,11-12H2,1H3. The largest absolute Gasteiger partial charge is 0.450 e. The molecule has 3 aromatic heterocycles. The van der Waals surface area contributed by atoms with Crippen molar-refractivity contribution in [1.82, 2.24) is 34.9 Å². The van der Waals surface area contributed by atoms with Crippen LogP contribution in [0.5, 0.6) is 5.75 Å². The number of benzene rings is 3. The summed E-state index contributed by atoms with van der Waals surface area (Å²) in [6, 6.07) is 23.6. The molecule has 0 spiro atoms. The van der Waals surface area contributed by atoms with Crippen LogP contribution in [0.1, 0.15) is 84.3 Å². The van der Waals surface area contributed by atoms with E-state index < -0.39 is 0 Å². The molecule has 2 saturated heterocycles. The average molecular weight is 933 g/mol. The topological polar surface area (TPSA) is 125 Å². The molecule has 2 aliphatic carbocycles. The molecular weight excluding hydrogens is 885 g/mol. The summed E-state index contributed by atoms with van der Waals surface area (Å²) in [5.41, 5.74) is 15.1. The van der Waals surface area contributed by atoms with Gasteiger partial charge in [-0.1, -0.05) is 75.1 Å². The van der Waals surface area contributed by atoms with Gasteiger partial charge in [-0.05, 0) is 141 Å². The molecule has 15 heteroatoms. The van der Waals surface area contributed by atoms with E-state index >= 15 is 0 Å². The van der Waals surface area contributed by atoms with Crippen LogP contribution in [0.25, 0.3) is 22.2 Å². The Balaban J connectivity index is 0.000000171. The van der Waals surface area contributed by atoms with E-state index in [-0.39, 0.29) is 12.2 Å². The van der Waals surface area contributed by atoms with E-state index in [2.05, 4.69) is 22.4 Å². The number of hydrogen-bond donors (Lipinski definition) is 0. The van der Waals surface area contributed by atoms with Crippen molar-refractivity contribution >= 4 is 69.2 Å². The number of pyridine rings is 2. The molecule has 0 N–H and O–H groups in total. The molecule has 334 valence electrons. The molecule has 65 heavy (non-hydrogen) atoms. The van der Waals surface area contributed by atoms with Gasteiger partial charge < -0.3 is 24.1 Å². The average Bonchev–Trinajstić information content (AvgIpc) is 3.54. The van der Waals surface area contributed by atoms with Gasteiger partial charge >= 0.3 is 12.2 Å². The monoisotopic (exact) mass is 931 g/mol. The second-order valence-corrected chi connectivity index (χ2v) is 17.5. The van der Waals surface area contributed by atoms with Crippen molar-refractivity contribution in [2.75, 3.05) is 39.4 Å². The maximum atomic E-state index is 12.3. The zero-order valence-corrected chi connectivity index (χ0v) is 38.6. The highest BCUT2D eigenvalue weighted by Gasteiger charge is 2.30. The number of ether oxygens (including phenoxy) is 2. The first-order valence-electron chi connectivity index (χ1n) is 22.2. The van der Waals surface area contributed by atoms with Crippen LogP contribution in [-0.2, 0) is 35.2 Å². The first kappa shape index (κ1) is 44.3. The number of para-hydroxylation sites is 1. The van der Waals surface area contributed by atoms with Gasteiger partial charge in [-0.2, -0.15) is 0 Å². The zero-order chi connectivity index (χ0) is 45.0. The van der Waals surface area contributed by atoms with Crippen molar-refractivity contribution in [2.24, 2.45) is 0 Å². The van der Waals surface area contributed by atoms with Crippen molar-refractivity contribution in [1.29, 1.82) is 0 Å². The fourth-order valence-electron chi connectivity index (χ4n) is 9.31. The molecule has 0 saturated carbocycles. The van der Waals surface area contributed by atoms with E-state index in [0.717, 1.165) is 112 Å². The zero-order valence-electron chi connectivity index (χ0n) is 36.3. The minimum atomic E-state index is -0.256. The normalized spacial score (nSPS) is 15.7. The summed E-state index contributed by atoms with van der Waals surface area (Å²) in [7, 11) is 0. The minimum Gasteiger partial charge on any atom is -0.450 e. The van der Waals surface area contributed by atoms with Crippen LogP contribution in [0, 0.1) is 0 Å². The molecule has 0 unspecified atom stereocenters. The maximum absolute atomic E-state index is 12.3. The van der Waals surface area contributed by atoms with Crippen LogP contribution in [0.3, 0.4) is 0 Å². The molecular formula is C50H48Cl3N7O5. The summed E-state index contributed by atoms with van der Waals surface area (Å²) in [6.45, 7) is 6.94. The second-order valence-electron chi connectivity index (χ2n) is 16.2. The SMILES string of the molecule is CCOC(=O)N1CCC(=C2c3ccc(Cl)cc3CCc3c(Cl)ccnc32)CC1.CCOC(=O)N1CCC(=C2c3ccc(Cl)cc3CCc3c(On4nnc5ccccc54)ccnc32)CC1. The predicted octanol–water partition coefficient (Wildman–Crippen LogP) is 11.0. The third-order valence-electron chi connectivity index (χ3n) is 12.4. The number of amides is 2. The van der Waals surface area contributed by atoms with Crippen molar-refractivity contribution in [2.45, 2.75) is 65.2 Å². The van der Waals surface area contributed by atoms with Crippen molar-refractivity contribution < 1.29 is 23.9 Å².